The standard InChI is InChI=1S/C12H22N2O2/c1-12(2,13)11(15)14-7-8-16-10-6-4-3-5-9(10)14/h9-10H,3-8,13H2,1-2H3. The Hall–Kier alpha value is -0.610. The molecule has 1 heterocycles. The number of nitrogens with zero attached hydrogens (tertiary/aromatic N) is 1. The predicted octanol–water partition coefficient (Wildman–Crippen LogP) is 0.894. The van der Waals surface area contributed by atoms with Crippen LogP contribution < -0.4 is 5.73 Å². The van der Waals surface area contributed by atoms with Crippen molar-refractivity contribution in [2.75, 3.05) is 13.2 Å². The van der Waals surface area contributed by atoms with E-state index < -0.39 is 5.54 Å². The summed E-state index contributed by atoms with van der Waals surface area (Å²) >= 11 is 0. The summed E-state index contributed by atoms with van der Waals surface area (Å²) in [5.41, 5.74) is 5.14. The summed E-state index contributed by atoms with van der Waals surface area (Å²) < 4.78 is 5.74. The molecule has 1 aliphatic carbocycles. The van der Waals surface area contributed by atoms with Crippen LogP contribution in [0.5, 0.6) is 0 Å². The molecular weight excluding hydrogens is 204 g/mol. The second-order valence-electron chi connectivity index (χ2n) is 5.48. The highest BCUT2D eigenvalue weighted by Gasteiger charge is 2.40. The van der Waals surface area contributed by atoms with Crippen LogP contribution in [-0.4, -0.2) is 41.6 Å². The summed E-state index contributed by atoms with van der Waals surface area (Å²) in [5, 5.41) is 0. The van der Waals surface area contributed by atoms with E-state index in [9.17, 15) is 4.79 Å². The third-order valence-electron chi connectivity index (χ3n) is 3.54. The van der Waals surface area contributed by atoms with Crippen LogP contribution in [0.4, 0.5) is 0 Å². The first kappa shape index (κ1) is 11.9. The molecule has 16 heavy (non-hydrogen) atoms. The zero-order valence-corrected chi connectivity index (χ0v) is 10.2. The molecule has 0 bridgehead atoms. The van der Waals surface area contributed by atoms with Gasteiger partial charge in [0.1, 0.15) is 0 Å². The van der Waals surface area contributed by atoms with Gasteiger partial charge in [-0.05, 0) is 26.7 Å². The number of nitrogens with two attached hydrogens (primary N) is 1. The Balaban J connectivity index is 2.11. The zero-order valence-electron chi connectivity index (χ0n) is 10.2. The van der Waals surface area contributed by atoms with Crippen molar-refractivity contribution in [1.82, 2.24) is 4.90 Å². The number of carbonyl (C=O) groups excluding carboxylic acids is 1. The number of rotatable bonds is 1. The molecular formula is C12H22N2O2. The van der Waals surface area contributed by atoms with Gasteiger partial charge in [-0.15, -0.1) is 0 Å². The minimum atomic E-state index is -0.765. The Morgan fingerprint density at radius 2 is 2.06 bits per heavy atom. The lowest BCUT2D eigenvalue weighted by molar-refractivity contribution is -0.154. The monoisotopic (exact) mass is 226 g/mol. The van der Waals surface area contributed by atoms with Crippen molar-refractivity contribution in [3.8, 4) is 0 Å². The van der Waals surface area contributed by atoms with Gasteiger partial charge >= 0.3 is 0 Å². The van der Waals surface area contributed by atoms with Gasteiger partial charge in [-0.2, -0.15) is 0 Å². The van der Waals surface area contributed by atoms with E-state index in [4.69, 9.17) is 10.5 Å². The van der Waals surface area contributed by atoms with Crippen molar-refractivity contribution in [2.24, 2.45) is 5.73 Å². The maximum atomic E-state index is 12.2. The lowest BCUT2D eigenvalue weighted by Gasteiger charge is -2.45. The summed E-state index contributed by atoms with van der Waals surface area (Å²) in [7, 11) is 0. The highest BCUT2D eigenvalue weighted by molar-refractivity contribution is 5.85. The van der Waals surface area contributed by atoms with Crippen LogP contribution in [0, 0.1) is 0 Å². The fourth-order valence-electron chi connectivity index (χ4n) is 2.72. The molecule has 2 N–H and O–H groups in total. The average molecular weight is 226 g/mol. The molecule has 0 radical (unpaired) electrons. The number of hydrogen-bond donors (Lipinski definition) is 1. The molecule has 1 saturated carbocycles. The first-order chi connectivity index (χ1) is 7.50. The van der Waals surface area contributed by atoms with E-state index >= 15 is 0 Å². The van der Waals surface area contributed by atoms with Crippen LogP contribution in [0.2, 0.25) is 0 Å². The van der Waals surface area contributed by atoms with Gasteiger partial charge in [0.05, 0.1) is 24.3 Å². The number of ether oxygens (including phenoxy) is 1. The smallest absolute Gasteiger partial charge is 0.242 e. The van der Waals surface area contributed by atoms with Crippen molar-refractivity contribution >= 4 is 5.91 Å². The van der Waals surface area contributed by atoms with E-state index in [-0.39, 0.29) is 18.1 Å². The number of carbonyl (C=O) groups is 1. The second-order valence-corrected chi connectivity index (χ2v) is 5.48. The van der Waals surface area contributed by atoms with Crippen molar-refractivity contribution in [1.29, 1.82) is 0 Å². The van der Waals surface area contributed by atoms with Gasteiger partial charge in [-0.3, -0.25) is 4.79 Å². The highest BCUT2D eigenvalue weighted by Crippen LogP contribution is 2.29. The van der Waals surface area contributed by atoms with Crippen LogP contribution in [-0.2, 0) is 9.53 Å². The van der Waals surface area contributed by atoms with Crippen LogP contribution in [0.15, 0.2) is 0 Å². The number of fused-ring (bicyclic) bond motifs is 1. The van der Waals surface area contributed by atoms with Crippen LogP contribution in [0.3, 0.4) is 0 Å². The Kier molecular flexibility index (Phi) is 3.22. The average Bonchev–Trinajstić information content (AvgIpc) is 2.26. The summed E-state index contributed by atoms with van der Waals surface area (Å²) in [4.78, 5) is 14.2. The van der Waals surface area contributed by atoms with E-state index in [1.54, 1.807) is 13.8 Å². The maximum Gasteiger partial charge on any atom is 0.242 e. The lowest BCUT2D eigenvalue weighted by atomic mass is 9.89. The molecule has 92 valence electrons. The van der Waals surface area contributed by atoms with Crippen LogP contribution >= 0.6 is 0 Å². The predicted molar refractivity (Wildman–Crippen MR) is 62.0 cm³/mol. The van der Waals surface area contributed by atoms with Crippen LogP contribution in [0.1, 0.15) is 39.5 Å². The van der Waals surface area contributed by atoms with Gasteiger partial charge in [0.15, 0.2) is 0 Å². The maximum absolute atomic E-state index is 12.2. The molecule has 2 atom stereocenters. The molecule has 0 aromatic heterocycles. The molecule has 4 nitrogen and oxygen atoms in total. The summed E-state index contributed by atoms with van der Waals surface area (Å²) in [5.74, 6) is 0.0627. The first-order valence-electron chi connectivity index (χ1n) is 6.22. The van der Waals surface area contributed by atoms with Crippen molar-refractivity contribution in [3.63, 3.8) is 0 Å². The number of hydrogen-bond acceptors (Lipinski definition) is 3. The first-order valence-corrected chi connectivity index (χ1v) is 6.22. The minimum Gasteiger partial charge on any atom is -0.374 e. The molecule has 0 aromatic rings. The van der Waals surface area contributed by atoms with Gasteiger partial charge in [-0.1, -0.05) is 12.8 Å². The van der Waals surface area contributed by atoms with E-state index in [2.05, 4.69) is 0 Å². The van der Waals surface area contributed by atoms with Crippen molar-refractivity contribution in [3.05, 3.63) is 0 Å². The molecule has 2 fully saturated rings. The van der Waals surface area contributed by atoms with Gasteiger partial charge in [-0.25, -0.2) is 0 Å². The summed E-state index contributed by atoms with van der Waals surface area (Å²) in [6.45, 7) is 4.91. The van der Waals surface area contributed by atoms with E-state index in [1.165, 1.54) is 12.8 Å². The zero-order chi connectivity index (χ0) is 11.8. The molecule has 2 aliphatic rings. The van der Waals surface area contributed by atoms with E-state index in [1.807, 2.05) is 4.90 Å². The fraction of sp³-hybridized carbons (Fsp3) is 0.917. The second kappa shape index (κ2) is 4.34. The normalized spacial score (nSPS) is 31.1. The Morgan fingerprint density at radius 1 is 1.38 bits per heavy atom. The van der Waals surface area contributed by atoms with E-state index in [0.29, 0.717) is 13.2 Å². The molecule has 2 unspecified atom stereocenters. The summed E-state index contributed by atoms with van der Waals surface area (Å²) in [6.07, 6.45) is 4.80. The third-order valence-corrected chi connectivity index (χ3v) is 3.54. The largest absolute Gasteiger partial charge is 0.374 e. The fourth-order valence-corrected chi connectivity index (χ4v) is 2.72. The topological polar surface area (TPSA) is 55.6 Å². The SMILES string of the molecule is CC(C)(N)C(=O)N1CCOC2CCCCC21. The summed E-state index contributed by atoms with van der Waals surface area (Å²) in [6, 6.07) is 0.262. The Labute approximate surface area is 97.1 Å². The highest BCUT2D eigenvalue weighted by atomic mass is 16.5. The van der Waals surface area contributed by atoms with Crippen molar-refractivity contribution < 1.29 is 9.53 Å². The van der Waals surface area contributed by atoms with Crippen molar-refractivity contribution in [2.45, 2.75) is 57.2 Å². The van der Waals surface area contributed by atoms with E-state index in [0.717, 1.165) is 12.8 Å². The quantitative estimate of drug-likeness (QED) is 0.722. The van der Waals surface area contributed by atoms with Gasteiger partial charge in [0.25, 0.3) is 0 Å². The Morgan fingerprint density at radius 3 is 2.75 bits per heavy atom. The Bertz CT molecular complexity index is 271. The molecule has 1 saturated heterocycles. The molecule has 1 amide bonds. The molecule has 0 aromatic carbocycles. The lowest BCUT2D eigenvalue weighted by Crippen LogP contribution is -2.61. The van der Waals surface area contributed by atoms with Gasteiger partial charge < -0.3 is 15.4 Å². The number of amides is 1. The third kappa shape index (κ3) is 2.23. The van der Waals surface area contributed by atoms with Crippen LogP contribution in [0.25, 0.3) is 0 Å². The molecule has 0 spiro atoms. The molecule has 2 rings (SSSR count). The van der Waals surface area contributed by atoms with Gasteiger partial charge in [0, 0.05) is 6.54 Å². The number of morpholine rings is 1. The van der Waals surface area contributed by atoms with Gasteiger partial charge in [0.2, 0.25) is 5.91 Å². The molecule has 4 heteroatoms. The minimum absolute atomic E-state index is 0.0627. The molecule has 1 aliphatic heterocycles.